The van der Waals surface area contributed by atoms with Crippen LogP contribution in [-0.4, -0.2) is 38.3 Å². The molecule has 0 radical (unpaired) electrons. The fraction of sp³-hybridized carbons (Fsp3) is 0.571. The first-order valence-corrected chi connectivity index (χ1v) is 3.88. The molecule has 0 fully saturated rings. The summed E-state index contributed by atoms with van der Waals surface area (Å²) in [7, 11) is 3.46. The van der Waals surface area contributed by atoms with E-state index in [2.05, 4.69) is 6.58 Å². The molecule has 0 aromatic carbocycles. The van der Waals surface area contributed by atoms with E-state index in [4.69, 9.17) is 15.9 Å². The summed E-state index contributed by atoms with van der Waals surface area (Å²) >= 11 is 0. The van der Waals surface area contributed by atoms with Gasteiger partial charge in [0, 0.05) is 6.54 Å². The Balaban J connectivity index is 4.30. The monoisotopic (exact) mass is 169 g/mol. The molecule has 0 aromatic heterocycles. The molecule has 0 saturated carbocycles. The molecule has 1 unspecified atom stereocenters. The highest BCUT2D eigenvalue weighted by Crippen LogP contribution is 2.04. The molecule has 4 nitrogen and oxygen atoms in total. The number of hydrogen-bond donors (Lipinski definition) is 2. The molecule has 0 amide bonds. The summed E-state index contributed by atoms with van der Waals surface area (Å²) in [5.74, 6) is 0.618. The molecule has 0 aromatic rings. The van der Waals surface area contributed by atoms with Gasteiger partial charge in [-0.05, 0) is 6.92 Å². The van der Waals surface area contributed by atoms with Crippen molar-refractivity contribution in [3.8, 4) is 0 Å². The minimum atomic E-state index is -0.0440. The van der Waals surface area contributed by atoms with Crippen molar-refractivity contribution in [1.29, 1.82) is 5.41 Å². The van der Waals surface area contributed by atoms with Crippen molar-refractivity contribution in [3.05, 3.63) is 12.3 Å². The second kappa shape index (κ2) is 4.69. The third-order valence-corrected chi connectivity index (χ3v) is 1.85. The average Bonchev–Trinajstić information content (AvgIpc) is 2.03. The Morgan fingerprint density at radius 2 is 2.33 bits per heavy atom. The number of nitrogens with two attached hydrogens (primary N) is 1. The summed E-state index contributed by atoms with van der Waals surface area (Å²) in [5.41, 5.74) is 5.35. The molecule has 5 heteroatoms. The van der Waals surface area contributed by atoms with Crippen LogP contribution in [0, 0.1) is 5.41 Å². The predicted octanol–water partition coefficient (Wildman–Crippen LogP) is -0.679. The molecule has 0 aliphatic rings. The van der Waals surface area contributed by atoms with Gasteiger partial charge >= 0.3 is 0 Å². The van der Waals surface area contributed by atoms with Crippen LogP contribution in [0.1, 0.15) is 6.92 Å². The molecule has 12 heavy (non-hydrogen) atoms. The number of ether oxygens (including phenoxy) is 1. The van der Waals surface area contributed by atoms with Gasteiger partial charge in [0.15, 0.2) is 5.96 Å². The van der Waals surface area contributed by atoms with Crippen LogP contribution in [0.25, 0.3) is 0 Å². The van der Waals surface area contributed by atoms with Gasteiger partial charge < -0.3 is 15.4 Å². The molecule has 0 saturated heterocycles. The Kier molecular flexibility index (Phi) is 4.25. The molecule has 68 valence electrons. The highest BCUT2D eigenvalue weighted by Gasteiger charge is 2.16. The Morgan fingerprint density at radius 1 is 1.83 bits per heavy atom. The second-order valence-electron chi connectivity index (χ2n) is 2.52. The molecule has 0 spiro atoms. The third kappa shape index (κ3) is 2.49. The van der Waals surface area contributed by atoms with Crippen molar-refractivity contribution in [2.75, 3.05) is 13.7 Å². The van der Waals surface area contributed by atoms with Crippen LogP contribution in [0.2, 0.25) is 0 Å². The molecule has 0 heterocycles. The number of rotatable bonds is 4. The number of hydrogen-bond acceptors (Lipinski definition) is 2. The van der Waals surface area contributed by atoms with Gasteiger partial charge in [-0.15, -0.1) is 0 Å². The van der Waals surface area contributed by atoms with Crippen LogP contribution in [0.3, 0.4) is 0 Å². The Morgan fingerprint density at radius 3 is 2.58 bits per heavy atom. The number of likely N-dealkylation sites (N-methyl/N-ethyl adjacent to an activating group) is 1. The first-order chi connectivity index (χ1) is 5.54. The number of nitrogens with one attached hydrogen (secondary N) is 1. The Hall–Kier alpha value is -1.13. The largest absolute Gasteiger partial charge is 0.500 e. The zero-order valence-corrected chi connectivity index (χ0v) is 7.92. The van der Waals surface area contributed by atoms with E-state index in [0.717, 1.165) is 0 Å². The molecular weight excluding hydrogens is 153 g/mol. The van der Waals surface area contributed by atoms with Crippen molar-refractivity contribution in [2.45, 2.75) is 12.9 Å². The first-order valence-electron chi connectivity index (χ1n) is 3.88. The average molecular weight is 169 g/mol. The Labute approximate surface area is 74.3 Å². The van der Waals surface area contributed by atoms with E-state index in [1.54, 1.807) is 12.0 Å². The molecule has 3 N–H and O–H groups in total. The van der Waals surface area contributed by atoms with E-state index in [9.17, 15) is 0 Å². The van der Waals surface area contributed by atoms with Crippen LogP contribution in [-0.2, 0) is 4.74 Å². The minimum Gasteiger partial charge on any atom is -0.500 e. The second-order valence-corrected chi connectivity index (χ2v) is 2.52. The van der Waals surface area contributed by atoms with Gasteiger partial charge in [0.2, 0.25) is 0 Å². The molecule has 0 aliphatic carbocycles. The Bertz CT molecular complexity index is 183. The van der Waals surface area contributed by atoms with E-state index in [1.807, 2.05) is 14.8 Å². The molecule has 0 bridgehead atoms. The van der Waals surface area contributed by atoms with E-state index in [0.29, 0.717) is 12.3 Å². The highest BCUT2D eigenvalue weighted by atomic mass is 16.5. The fourth-order valence-corrected chi connectivity index (χ4v) is 0.997. The van der Waals surface area contributed by atoms with Crippen molar-refractivity contribution in [2.24, 2.45) is 5.73 Å². The normalized spacial score (nSPS) is 11.8. The summed E-state index contributed by atoms with van der Waals surface area (Å²) in [4.78, 5) is 1.70. The lowest BCUT2D eigenvalue weighted by Crippen LogP contribution is -2.45. The lowest BCUT2D eigenvalue weighted by molar-refractivity contribution is 0.242. The standard InChI is InChI=1S/C7H16BN3O/c1-4-11(7(9)10)6(8)5(2)12-3/h6H,2,4,8H2,1,3H3,(H3,9,10). The molecule has 0 aliphatic heterocycles. The smallest absolute Gasteiger partial charge is 0.188 e. The predicted molar refractivity (Wildman–Crippen MR) is 52.8 cm³/mol. The quantitative estimate of drug-likeness (QED) is 0.253. The van der Waals surface area contributed by atoms with E-state index < -0.39 is 0 Å². The molecule has 0 rings (SSSR count). The SMILES string of the molecule is BC(C(=C)OC)N(CC)C(=N)N. The third-order valence-electron chi connectivity index (χ3n) is 1.85. The van der Waals surface area contributed by atoms with Gasteiger partial charge in [0.05, 0.1) is 13.1 Å². The number of nitrogens with zero attached hydrogens (tertiary/aromatic N) is 1. The lowest BCUT2D eigenvalue weighted by Gasteiger charge is -2.28. The maximum Gasteiger partial charge on any atom is 0.188 e. The number of methoxy groups -OCH3 is 1. The lowest BCUT2D eigenvalue weighted by atomic mass is 9.93. The van der Waals surface area contributed by atoms with Crippen molar-refractivity contribution in [1.82, 2.24) is 4.90 Å². The van der Waals surface area contributed by atoms with E-state index in [1.165, 1.54) is 0 Å². The number of guanidine groups is 1. The van der Waals surface area contributed by atoms with Gasteiger partial charge in [-0.3, -0.25) is 5.41 Å². The summed E-state index contributed by atoms with van der Waals surface area (Å²) in [6.45, 7) is 6.32. The van der Waals surface area contributed by atoms with Crippen LogP contribution >= 0.6 is 0 Å². The summed E-state index contributed by atoms with van der Waals surface area (Å²) < 4.78 is 4.96. The van der Waals surface area contributed by atoms with Crippen LogP contribution in [0.5, 0.6) is 0 Å². The maximum atomic E-state index is 7.26. The van der Waals surface area contributed by atoms with Gasteiger partial charge in [0.25, 0.3) is 0 Å². The van der Waals surface area contributed by atoms with Crippen LogP contribution in [0.4, 0.5) is 0 Å². The van der Waals surface area contributed by atoms with Crippen molar-refractivity contribution >= 4 is 13.8 Å². The van der Waals surface area contributed by atoms with Crippen LogP contribution < -0.4 is 5.73 Å². The maximum absolute atomic E-state index is 7.26. The first kappa shape index (κ1) is 10.9. The van der Waals surface area contributed by atoms with E-state index >= 15 is 0 Å². The van der Waals surface area contributed by atoms with Gasteiger partial charge in [-0.25, -0.2) is 0 Å². The molecular formula is C7H16BN3O. The highest BCUT2D eigenvalue weighted by molar-refractivity contribution is 6.14. The molecule has 1 atom stereocenters. The van der Waals surface area contributed by atoms with Gasteiger partial charge in [-0.1, -0.05) is 6.58 Å². The van der Waals surface area contributed by atoms with Crippen LogP contribution in [0.15, 0.2) is 12.3 Å². The van der Waals surface area contributed by atoms with Gasteiger partial charge in [-0.2, -0.15) is 0 Å². The summed E-state index contributed by atoms with van der Waals surface area (Å²) in [6.07, 6.45) is 0. The summed E-state index contributed by atoms with van der Waals surface area (Å²) in [6, 6.07) is 0. The zero-order valence-electron chi connectivity index (χ0n) is 7.92. The van der Waals surface area contributed by atoms with E-state index in [-0.39, 0.29) is 11.9 Å². The van der Waals surface area contributed by atoms with Crippen molar-refractivity contribution < 1.29 is 4.74 Å². The fourth-order valence-electron chi connectivity index (χ4n) is 0.997. The van der Waals surface area contributed by atoms with Gasteiger partial charge in [0.1, 0.15) is 13.6 Å². The minimum absolute atomic E-state index is 0.0440. The zero-order chi connectivity index (χ0) is 9.72. The van der Waals surface area contributed by atoms with Crippen molar-refractivity contribution in [3.63, 3.8) is 0 Å². The summed E-state index contributed by atoms with van der Waals surface area (Å²) in [5, 5.41) is 7.26. The topological polar surface area (TPSA) is 62.3 Å².